The Morgan fingerprint density at radius 3 is 2.12 bits per heavy atom. The molecular formula is C13H21NO2. The van der Waals surface area contributed by atoms with E-state index in [2.05, 4.69) is 36.5 Å². The highest BCUT2D eigenvalue weighted by atomic mass is 16.3. The average molecular weight is 223 g/mol. The fourth-order valence-electron chi connectivity index (χ4n) is 1.55. The largest absolute Gasteiger partial charge is 0.395 e. The Labute approximate surface area is 97.1 Å². The Kier molecular flexibility index (Phi) is 6.08. The quantitative estimate of drug-likeness (QED) is 0.639. The zero-order chi connectivity index (χ0) is 11.8. The number of nitrogens with one attached hydrogen (secondary N) is 1. The Bertz CT molecular complexity index is 280. The number of aliphatic hydroxyl groups excluding tert-OH is 2. The number of benzene rings is 1. The Morgan fingerprint density at radius 1 is 1.06 bits per heavy atom. The lowest BCUT2D eigenvalue weighted by atomic mass is 10.1. The van der Waals surface area contributed by atoms with E-state index >= 15 is 0 Å². The van der Waals surface area contributed by atoms with Crippen molar-refractivity contribution in [2.75, 3.05) is 19.8 Å². The zero-order valence-corrected chi connectivity index (χ0v) is 9.82. The van der Waals surface area contributed by atoms with Crippen molar-refractivity contribution in [1.29, 1.82) is 0 Å². The maximum atomic E-state index is 8.87. The smallest absolute Gasteiger partial charge is 0.0607 e. The molecule has 90 valence electrons. The standard InChI is InChI=1S/C13H21NO2/c1-2-11-3-5-12(6-4-11)7-8-14-13(9-15)10-16/h3-6,13-16H,2,7-10H2,1H3. The van der Waals surface area contributed by atoms with Crippen LogP contribution >= 0.6 is 0 Å². The Balaban J connectivity index is 2.31. The Morgan fingerprint density at radius 2 is 1.62 bits per heavy atom. The molecule has 1 aromatic carbocycles. The molecule has 1 rings (SSSR count). The summed E-state index contributed by atoms with van der Waals surface area (Å²) in [5, 5.41) is 20.8. The highest BCUT2D eigenvalue weighted by Crippen LogP contribution is 2.05. The van der Waals surface area contributed by atoms with Crippen molar-refractivity contribution in [3.05, 3.63) is 35.4 Å². The van der Waals surface area contributed by atoms with Crippen LogP contribution in [0.1, 0.15) is 18.1 Å². The first kappa shape index (κ1) is 13.2. The molecule has 3 heteroatoms. The Hall–Kier alpha value is -0.900. The van der Waals surface area contributed by atoms with Gasteiger partial charge in [-0.3, -0.25) is 0 Å². The van der Waals surface area contributed by atoms with Crippen LogP contribution in [-0.2, 0) is 12.8 Å². The second-order valence-corrected chi connectivity index (χ2v) is 3.94. The lowest BCUT2D eigenvalue weighted by Gasteiger charge is -2.12. The zero-order valence-electron chi connectivity index (χ0n) is 9.82. The van der Waals surface area contributed by atoms with Crippen LogP contribution in [0.3, 0.4) is 0 Å². The molecule has 0 aliphatic heterocycles. The number of aryl methyl sites for hydroxylation is 1. The third-order valence-electron chi connectivity index (χ3n) is 2.72. The summed E-state index contributed by atoms with van der Waals surface area (Å²) >= 11 is 0. The van der Waals surface area contributed by atoms with Gasteiger partial charge in [0.05, 0.1) is 19.3 Å². The number of hydrogen-bond donors (Lipinski definition) is 3. The highest BCUT2D eigenvalue weighted by molar-refractivity contribution is 5.22. The molecule has 0 aliphatic carbocycles. The molecule has 3 N–H and O–H groups in total. The molecule has 0 fully saturated rings. The molecule has 1 aromatic rings. The van der Waals surface area contributed by atoms with Crippen molar-refractivity contribution in [1.82, 2.24) is 5.32 Å². The van der Waals surface area contributed by atoms with Crippen LogP contribution in [0.5, 0.6) is 0 Å². The summed E-state index contributed by atoms with van der Waals surface area (Å²) < 4.78 is 0. The predicted molar refractivity (Wildman–Crippen MR) is 65.5 cm³/mol. The average Bonchev–Trinajstić information content (AvgIpc) is 2.35. The fourth-order valence-corrected chi connectivity index (χ4v) is 1.55. The van der Waals surface area contributed by atoms with E-state index in [1.54, 1.807) is 0 Å². The summed E-state index contributed by atoms with van der Waals surface area (Å²) in [6, 6.07) is 8.35. The van der Waals surface area contributed by atoms with E-state index in [1.807, 2.05) is 0 Å². The third kappa shape index (κ3) is 4.31. The molecule has 0 saturated heterocycles. The lowest BCUT2D eigenvalue weighted by Crippen LogP contribution is -2.36. The van der Waals surface area contributed by atoms with Crippen molar-refractivity contribution < 1.29 is 10.2 Å². The summed E-state index contributed by atoms with van der Waals surface area (Å²) in [4.78, 5) is 0. The van der Waals surface area contributed by atoms with Gasteiger partial charge in [0.25, 0.3) is 0 Å². The van der Waals surface area contributed by atoms with Gasteiger partial charge in [-0.05, 0) is 30.5 Å². The van der Waals surface area contributed by atoms with E-state index in [1.165, 1.54) is 11.1 Å². The predicted octanol–water partition coefficient (Wildman–Crippen LogP) is 0.734. The van der Waals surface area contributed by atoms with Gasteiger partial charge in [0, 0.05) is 0 Å². The fraction of sp³-hybridized carbons (Fsp3) is 0.538. The minimum absolute atomic E-state index is 0.0225. The molecule has 0 atom stereocenters. The van der Waals surface area contributed by atoms with E-state index in [4.69, 9.17) is 10.2 Å². The van der Waals surface area contributed by atoms with Gasteiger partial charge in [-0.2, -0.15) is 0 Å². The maximum absolute atomic E-state index is 8.87. The molecule has 0 bridgehead atoms. The molecule has 0 radical (unpaired) electrons. The van der Waals surface area contributed by atoms with E-state index in [9.17, 15) is 0 Å². The summed E-state index contributed by atoms with van der Waals surface area (Å²) in [6.45, 7) is 2.87. The lowest BCUT2D eigenvalue weighted by molar-refractivity contribution is 0.171. The molecule has 0 unspecified atom stereocenters. The van der Waals surface area contributed by atoms with Crippen molar-refractivity contribution in [3.63, 3.8) is 0 Å². The van der Waals surface area contributed by atoms with Crippen molar-refractivity contribution in [2.45, 2.75) is 25.8 Å². The van der Waals surface area contributed by atoms with E-state index in [-0.39, 0.29) is 19.3 Å². The molecule has 0 heterocycles. The highest BCUT2D eigenvalue weighted by Gasteiger charge is 2.03. The van der Waals surface area contributed by atoms with Gasteiger partial charge >= 0.3 is 0 Å². The molecular weight excluding hydrogens is 202 g/mol. The summed E-state index contributed by atoms with van der Waals surface area (Å²) in [5.41, 5.74) is 2.62. The van der Waals surface area contributed by atoms with Crippen molar-refractivity contribution in [3.8, 4) is 0 Å². The summed E-state index contributed by atoms with van der Waals surface area (Å²) in [7, 11) is 0. The van der Waals surface area contributed by atoms with Crippen LogP contribution in [0.4, 0.5) is 0 Å². The third-order valence-corrected chi connectivity index (χ3v) is 2.72. The van der Waals surface area contributed by atoms with Crippen LogP contribution in [-0.4, -0.2) is 36.0 Å². The van der Waals surface area contributed by atoms with Gasteiger partial charge in [-0.15, -0.1) is 0 Å². The van der Waals surface area contributed by atoms with Crippen LogP contribution in [0.15, 0.2) is 24.3 Å². The van der Waals surface area contributed by atoms with E-state index < -0.39 is 0 Å². The van der Waals surface area contributed by atoms with Gasteiger partial charge < -0.3 is 15.5 Å². The van der Waals surface area contributed by atoms with Crippen LogP contribution < -0.4 is 5.32 Å². The maximum Gasteiger partial charge on any atom is 0.0607 e. The second-order valence-electron chi connectivity index (χ2n) is 3.94. The summed E-state index contributed by atoms with van der Waals surface area (Å²) in [5.74, 6) is 0. The van der Waals surface area contributed by atoms with Gasteiger partial charge in [0.15, 0.2) is 0 Å². The van der Waals surface area contributed by atoms with Gasteiger partial charge in [-0.1, -0.05) is 31.2 Å². The van der Waals surface area contributed by atoms with Gasteiger partial charge in [0.1, 0.15) is 0 Å². The topological polar surface area (TPSA) is 52.5 Å². The number of aliphatic hydroxyl groups is 2. The molecule has 0 amide bonds. The van der Waals surface area contributed by atoms with E-state index in [0.717, 1.165) is 19.4 Å². The van der Waals surface area contributed by atoms with Gasteiger partial charge in [0.2, 0.25) is 0 Å². The van der Waals surface area contributed by atoms with E-state index in [0.29, 0.717) is 0 Å². The first-order chi connectivity index (χ1) is 7.80. The normalized spacial score (nSPS) is 11.0. The minimum atomic E-state index is -0.199. The SMILES string of the molecule is CCc1ccc(CCNC(CO)CO)cc1. The molecule has 0 spiro atoms. The second kappa shape index (κ2) is 7.39. The number of hydrogen-bond acceptors (Lipinski definition) is 3. The minimum Gasteiger partial charge on any atom is -0.395 e. The first-order valence-corrected chi connectivity index (χ1v) is 5.83. The van der Waals surface area contributed by atoms with Crippen LogP contribution in [0, 0.1) is 0 Å². The van der Waals surface area contributed by atoms with Gasteiger partial charge in [-0.25, -0.2) is 0 Å². The molecule has 0 aliphatic rings. The van der Waals surface area contributed by atoms with Crippen molar-refractivity contribution >= 4 is 0 Å². The van der Waals surface area contributed by atoms with Crippen molar-refractivity contribution in [2.24, 2.45) is 0 Å². The monoisotopic (exact) mass is 223 g/mol. The number of rotatable bonds is 7. The molecule has 0 aromatic heterocycles. The van der Waals surface area contributed by atoms with Crippen LogP contribution in [0.2, 0.25) is 0 Å². The molecule has 3 nitrogen and oxygen atoms in total. The summed E-state index contributed by atoms with van der Waals surface area (Å²) in [6.07, 6.45) is 1.98. The molecule has 16 heavy (non-hydrogen) atoms. The first-order valence-electron chi connectivity index (χ1n) is 5.83. The molecule has 0 saturated carbocycles. The van der Waals surface area contributed by atoms with Crippen LogP contribution in [0.25, 0.3) is 0 Å².